The zero-order valence-corrected chi connectivity index (χ0v) is 16.4. The van der Waals surface area contributed by atoms with E-state index < -0.39 is 0 Å². The second kappa shape index (κ2) is 8.71. The van der Waals surface area contributed by atoms with Gasteiger partial charge in [-0.15, -0.1) is 0 Å². The molecule has 2 aliphatic heterocycles. The molecule has 148 valence electrons. The van der Waals surface area contributed by atoms with Crippen LogP contribution in [0.1, 0.15) is 32.3 Å². The summed E-state index contributed by atoms with van der Waals surface area (Å²) in [4.78, 5) is 20.5. The van der Waals surface area contributed by atoms with E-state index in [1.165, 1.54) is 6.08 Å². The van der Waals surface area contributed by atoms with Gasteiger partial charge in [0.25, 0.3) is 0 Å². The molecule has 2 saturated heterocycles. The molecule has 0 aliphatic carbocycles. The van der Waals surface area contributed by atoms with Crippen molar-refractivity contribution in [2.45, 2.75) is 51.5 Å². The number of nitrogens with two attached hydrogens (primary N) is 1. The van der Waals surface area contributed by atoms with Crippen molar-refractivity contribution in [1.29, 1.82) is 0 Å². The minimum absolute atomic E-state index is 0.0155. The molecule has 2 fully saturated rings. The molecule has 0 spiro atoms. The lowest BCUT2D eigenvalue weighted by atomic mass is 10.1. The molecule has 1 aromatic rings. The zero-order chi connectivity index (χ0) is 19.4. The van der Waals surface area contributed by atoms with E-state index in [9.17, 15) is 4.79 Å². The van der Waals surface area contributed by atoms with E-state index in [2.05, 4.69) is 41.7 Å². The molecule has 7 nitrogen and oxygen atoms in total. The molecule has 0 aromatic carbocycles. The summed E-state index contributed by atoms with van der Waals surface area (Å²) in [6, 6.07) is 4.17. The number of nitrogen functional groups attached to an aromatic ring is 1. The van der Waals surface area contributed by atoms with Crippen molar-refractivity contribution in [1.82, 2.24) is 14.8 Å². The van der Waals surface area contributed by atoms with Crippen molar-refractivity contribution in [3.63, 3.8) is 0 Å². The van der Waals surface area contributed by atoms with Crippen LogP contribution in [0, 0.1) is 0 Å². The van der Waals surface area contributed by atoms with Crippen LogP contribution in [0.15, 0.2) is 24.8 Å². The SMILES string of the molecule is C=CC(=O)N1CCCC(Nc2cc(CN3C[C@@H](C)O[C@@H](C)C3)cc(N)n2)C1. The maximum Gasteiger partial charge on any atom is 0.246 e. The number of aromatic nitrogens is 1. The quantitative estimate of drug-likeness (QED) is 0.767. The minimum Gasteiger partial charge on any atom is -0.384 e. The Morgan fingerprint density at radius 1 is 1.37 bits per heavy atom. The number of pyridine rings is 1. The standard InChI is InChI=1S/C20H31N5O2/c1-4-20(26)25-7-5-6-17(13-25)22-19-9-16(8-18(21)23-19)12-24-10-14(2)27-15(3)11-24/h4,8-9,14-15,17H,1,5-7,10-13H2,2-3H3,(H3,21,22,23)/t14-,15+,17?. The third-order valence-electron chi connectivity index (χ3n) is 5.07. The van der Waals surface area contributed by atoms with E-state index >= 15 is 0 Å². The number of anilines is 2. The smallest absolute Gasteiger partial charge is 0.246 e. The lowest BCUT2D eigenvalue weighted by Gasteiger charge is -2.35. The normalized spacial score (nSPS) is 26.6. The molecule has 1 amide bonds. The van der Waals surface area contributed by atoms with Gasteiger partial charge in [0.2, 0.25) is 5.91 Å². The summed E-state index contributed by atoms with van der Waals surface area (Å²) in [5.74, 6) is 1.27. The molecular formula is C20H31N5O2. The van der Waals surface area contributed by atoms with Crippen molar-refractivity contribution in [3.8, 4) is 0 Å². The van der Waals surface area contributed by atoms with Gasteiger partial charge in [0.1, 0.15) is 11.6 Å². The number of hydrogen-bond acceptors (Lipinski definition) is 6. The molecule has 1 unspecified atom stereocenters. The van der Waals surface area contributed by atoms with Crippen LogP contribution in [0.4, 0.5) is 11.6 Å². The number of carbonyl (C=O) groups excluding carboxylic acids is 1. The van der Waals surface area contributed by atoms with Gasteiger partial charge in [-0.2, -0.15) is 0 Å². The number of hydrogen-bond donors (Lipinski definition) is 2. The number of likely N-dealkylation sites (tertiary alicyclic amines) is 1. The highest BCUT2D eigenvalue weighted by atomic mass is 16.5. The van der Waals surface area contributed by atoms with Crippen molar-refractivity contribution < 1.29 is 9.53 Å². The molecule has 27 heavy (non-hydrogen) atoms. The van der Waals surface area contributed by atoms with Gasteiger partial charge in [-0.05, 0) is 50.5 Å². The first-order valence-corrected chi connectivity index (χ1v) is 9.75. The molecule has 0 radical (unpaired) electrons. The Bertz CT molecular complexity index is 670. The first-order chi connectivity index (χ1) is 12.9. The van der Waals surface area contributed by atoms with E-state index in [0.29, 0.717) is 12.4 Å². The maximum atomic E-state index is 11.9. The number of piperidine rings is 1. The Morgan fingerprint density at radius 3 is 2.81 bits per heavy atom. The first-order valence-electron chi connectivity index (χ1n) is 9.75. The highest BCUT2D eigenvalue weighted by Crippen LogP contribution is 2.20. The van der Waals surface area contributed by atoms with Gasteiger partial charge in [0, 0.05) is 38.8 Å². The van der Waals surface area contributed by atoms with Crippen LogP contribution in [-0.4, -0.2) is 65.1 Å². The van der Waals surface area contributed by atoms with Crippen molar-refractivity contribution in [3.05, 3.63) is 30.4 Å². The van der Waals surface area contributed by atoms with E-state index in [0.717, 1.165) is 50.4 Å². The monoisotopic (exact) mass is 373 g/mol. The lowest BCUT2D eigenvalue weighted by molar-refractivity contribution is -0.127. The van der Waals surface area contributed by atoms with Crippen LogP contribution in [0.5, 0.6) is 0 Å². The average Bonchev–Trinajstić information content (AvgIpc) is 2.59. The number of morpholine rings is 1. The van der Waals surface area contributed by atoms with Crippen LogP contribution < -0.4 is 11.1 Å². The van der Waals surface area contributed by atoms with Gasteiger partial charge in [-0.3, -0.25) is 9.69 Å². The molecule has 1 aromatic heterocycles. The van der Waals surface area contributed by atoms with Crippen LogP contribution >= 0.6 is 0 Å². The molecule has 2 aliphatic rings. The van der Waals surface area contributed by atoms with Gasteiger partial charge in [0.15, 0.2) is 0 Å². The Labute approximate surface area is 161 Å². The third-order valence-corrected chi connectivity index (χ3v) is 5.07. The molecule has 3 N–H and O–H groups in total. The minimum atomic E-state index is -0.0155. The summed E-state index contributed by atoms with van der Waals surface area (Å²) in [7, 11) is 0. The predicted octanol–water partition coefficient (Wildman–Crippen LogP) is 1.86. The summed E-state index contributed by atoms with van der Waals surface area (Å²) >= 11 is 0. The number of amides is 1. The van der Waals surface area contributed by atoms with Gasteiger partial charge in [-0.1, -0.05) is 6.58 Å². The van der Waals surface area contributed by atoms with Crippen LogP contribution in [0.3, 0.4) is 0 Å². The molecule has 3 rings (SSSR count). The topological polar surface area (TPSA) is 83.7 Å². The predicted molar refractivity (Wildman–Crippen MR) is 107 cm³/mol. The molecule has 0 bridgehead atoms. The zero-order valence-electron chi connectivity index (χ0n) is 16.4. The first kappa shape index (κ1) is 19.6. The average molecular weight is 374 g/mol. The van der Waals surface area contributed by atoms with E-state index in [1.807, 2.05) is 11.0 Å². The Hall–Kier alpha value is -2.12. The second-order valence-electron chi connectivity index (χ2n) is 7.71. The van der Waals surface area contributed by atoms with Crippen molar-refractivity contribution >= 4 is 17.5 Å². The number of carbonyl (C=O) groups is 1. The van der Waals surface area contributed by atoms with E-state index in [1.54, 1.807) is 0 Å². The second-order valence-corrected chi connectivity index (χ2v) is 7.71. The number of nitrogens with zero attached hydrogens (tertiary/aromatic N) is 3. The number of rotatable bonds is 5. The van der Waals surface area contributed by atoms with E-state index in [4.69, 9.17) is 10.5 Å². The van der Waals surface area contributed by atoms with E-state index in [-0.39, 0.29) is 24.2 Å². The van der Waals surface area contributed by atoms with Crippen LogP contribution in [-0.2, 0) is 16.1 Å². The van der Waals surface area contributed by atoms with Crippen molar-refractivity contribution in [2.24, 2.45) is 0 Å². The number of nitrogens with one attached hydrogen (secondary N) is 1. The summed E-state index contributed by atoms with van der Waals surface area (Å²) in [6.07, 6.45) is 3.83. The molecule has 0 saturated carbocycles. The fourth-order valence-electron chi connectivity index (χ4n) is 4.08. The molecule has 3 atom stereocenters. The number of ether oxygens (including phenoxy) is 1. The highest BCUT2D eigenvalue weighted by molar-refractivity contribution is 5.87. The molecular weight excluding hydrogens is 342 g/mol. The molecule has 3 heterocycles. The van der Waals surface area contributed by atoms with Crippen LogP contribution in [0.25, 0.3) is 0 Å². The Morgan fingerprint density at radius 2 is 2.11 bits per heavy atom. The van der Waals surface area contributed by atoms with Gasteiger partial charge in [-0.25, -0.2) is 4.98 Å². The van der Waals surface area contributed by atoms with Crippen LogP contribution in [0.2, 0.25) is 0 Å². The maximum absolute atomic E-state index is 11.9. The Kier molecular flexibility index (Phi) is 6.34. The fourth-order valence-corrected chi connectivity index (χ4v) is 4.08. The lowest BCUT2D eigenvalue weighted by Crippen LogP contribution is -2.45. The highest BCUT2D eigenvalue weighted by Gasteiger charge is 2.24. The molecule has 7 heteroatoms. The van der Waals surface area contributed by atoms with Gasteiger partial charge >= 0.3 is 0 Å². The largest absolute Gasteiger partial charge is 0.384 e. The van der Waals surface area contributed by atoms with Gasteiger partial charge in [0.05, 0.1) is 12.2 Å². The summed E-state index contributed by atoms with van der Waals surface area (Å²) in [5.41, 5.74) is 7.19. The summed E-state index contributed by atoms with van der Waals surface area (Å²) in [5, 5.41) is 3.46. The third kappa shape index (κ3) is 5.43. The Balaban J connectivity index is 1.64. The van der Waals surface area contributed by atoms with Crippen molar-refractivity contribution in [2.75, 3.05) is 37.2 Å². The van der Waals surface area contributed by atoms with Gasteiger partial charge < -0.3 is 20.7 Å². The summed E-state index contributed by atoms with van der Waals surface area (Å²) in [6.45, 7) is 11.9. The fraction of sp³-hybridized carbons (Fsp3) is 0.600. The summed E-state index contributed by atoms with van der Waals surface area (Å²) < 4.78 is 5.81.